The van der Waals surface area contributed by atoms with Crippen molar-refractivity contribution in [3.8, 4) is 0 Å². The van der Waals surface area contributed by atoms with Gasteiger partial charge in [0.25, 0.3) is 0 Å². The van der Waals surface area contributed by atoms with Crippen LogP contribution in [-0.4, -0.2) is 11.0 Å². The van der Waals surface area contributed by atoms with Gasteiger partial charge in [-0.05, 0) is 20.3 Å². The van der Waals surface area contributed by atoms with Crippen molar-refractivity contribution in [1.82, 2.24) is 4.98 Å². The van der Waals surface area contributed by atoms with E-state index in [1.807, 2.05) is 6.92 Å². The highest BCUT2D eigenvalue weighted by Gasteiger charge is 2.04. The number of nitrogens with one attached hydrogen (secondary N) is 1. The monoisotopic (exact) mass is 226 g/mol. The van der Waals surface area contributed by atoms with Gasteiger partial charge in [-0.1, -0.05) is 32.6 Å². The summed E-state index contributed by atoms with van der Waals surface area (Å²) in [4.78, 5) is 4.40. The molecule has 0 saturated heterocycles. The Morgan fingerprint density at radius 3 is 2.80 bits per heavy atom. The van der Waals surface area contributed by atoms with E-state index in [2.05, 4.69) is 29.5 Å². The van der Waals surface area contributed by atoms with Crippen molar-refractivity contribution >= 4 is 16.5 Å². The zero-order chi connectivity index (χ0) is 11.1. The lowest BCUT2D eigenvalue weighted by Gasteiger charge is -2.12. The maximum absolute atomic E-state index is 4.40. The lowest BCUT2D eigenvalue weighted by molar-refractivity contribution is 0.594. The molecule has 15 heavy (non-hydrogen) atoms. The van der Waals surface area contributed by atoms with Crippen LogP contribution in [0.1, 0.15) is 51.6 Å². The first-order valence-electron chi connectivity index (χ1n) is 5.91. The predicted octanol–water partition coefficient (Wildman–Crippen LogP) is 4.22. The molecule has 0 radical (unpaired) electrons. The van der Waals surface area contributed by atoms with Crippen molar-refractivity contribution < 1.29 is 0 Å². The van der Waals surface area contributed by atoms with Crippen molar-refractivity contribution in [3.05, 3.63) is 11.1 Å². The first-order chi connectivity index (χ1) is 7.22. The van der Waals surface area contributed by atoms with E-state index in [4.69, 9.17) is 0 Å². The average molecular weight is 226 g/mol. The third kappa shape index (κ3) is 5.17. The number of hydrogen-bond acceptors (Lipinski definition) is 3. The molecule has 86 valence electrons. The molecular weight excluding hydrogens is 204 g/mol. The number of aryl methyl sites for hydroxylation is 1. The highest BCUT2D eigenvalue weighted by atomic mass is 32.1. The number of anilines is 1. The normalized spacial score (nSPS) is 12.7. The molecule has 3 heteroatoms. The zero-order valence-corrected chi connectivity index (χ0v) is 10.9. The standard InChI is InChI=1S/C12H22N2S/c1-4-5-6-7-8-10(2)13-12-14-11(3)9-15-12/h9-10H,4-8H2,1-3H3,(H,13,14). The molecule has 1 unspecified atom stereocenters. The minimum atomic E-state index is 0.549. The van der Waals surface area contributed by atoms with E-state index < -0.39 is 0 Å². The Morgan fingerprint density at radius 1 is 1.40 bits per heavy atom. The molecule has 1 aromatic heterocycles. The highest BCUT2D eigenvalue weighted by Crippen LogP contribution is 2.17. The van der Waals surface area contributed by atoms with E-state index in [0.717, 1.165) is 10.8 Å². The molecule has 1 rings (SSSR count). The first-order valence-corrected chi connectivity index (χ1v) is 6.79. The van der Waals surface area contributed by atoms with Crippen LogP contribution in [0.2, 0.25) is 0 Å². The van der Waals surface area contributed by atoms with Crippen LogP contribution < -0.4 is 5.32 Å². The molecule has 1 aromatic rings. The second-order valence-electron chi connectivity index (χ2n) is 4.19. The second kappa shape index (κ2) is 6.83. The molecule has 0 saturated carbocycles. The van der Waals surface area contributed by atoms with E-state index in [1.54, 1.807) is 11.3 Å². The minimum absolute atomic E-state index is 0.549. The molecule has 0 aliphatic rings. The molecule has 0 aromatic carbocycles. The number of nitrogens with zero attached hydrogens (tertiary/aromatic N) is 1. The molecule has 1 N–H and O–H groups in total. The number of thiazole rings is 1. The third-order valence-corrected chi connectivity index (χ3v) is 3.37. The summed E-state index contributed by atoms with van der Waals surface area (Å²) < 4.78 is 0. The van der Waals surface area contributed by atoms with Crippen molar-refractivity contribution in [1.29, 1.82) is 0 Å². The third-order valence-electron chi connectivity index (χ3n) is 2.48. The fraction of sp³-hybridized carbons (Fsp3) is 0.750. The van der Waals surface area contributed by atoms with E-state index >= 15 is 0 Å². The van der Waals surface area contributed by atoms with Crippen LogP contribution in [0.25, 0.3) is 0 Å². The average Bonchev–Trinajstić information content (AvgIpc) is 2.59. The van der Waals surface area contributed by atoms with Gasteiger partial charge in [0.15, 0.2) is 5.13 Å². The Kier molecular flexibility index (Phi) is 5.69. The summed E-state index contributed by atoms with van der Waals surface area (Å²) in [7, 11) is 0. The van der Waals surface area contributed by atoms with Crippen LogP contribution in [0, 0.1) is 6.92 Å². The summed E-state index contributed by atoms with van der Waals surface area (Å²) >= 11 is 1.70. The fourth-order valence-corrected chi connectivity index (χ4v) is 2.38. The summed E-state index contributed by atoms with van der Waals surface area (Å²) in [6, 6.07) is 0.549. The van der Waals surface area contributed by atoms with Gasteiger partial charge in [-0.15, -0.1) is 11.3 Å². The van der Waals surface area contributed by atoms with Gasteiger partial charge in [-0.3, -0.25) is 0 Å². The van der Waals surface area contributed by atoms with Gasteiger partial charge >= 0.3 is 0 Å². The first kappa shape index (κ1) is 12.5. The fourth-order valence-electron chi connectivity index (χ4n) is 1.58. The Hall–Kier alpha value is -0.570. The lowest BCUT2D eigenvalue weighted by atomic mass is 10.1. The van der Waals surface area contributed by atoms with E-state index in [1.165, 1.54) is 32.1 Å². The Labute approximate surface area is 97.1 Å². The van der Waals surface area contributed by atoms with Crippen LogP contribution >= 0.6 is 11.3 Å². The van der Waals surface area contributed by atoms with E-state index in [-0.39, 0.29) is 0 Å². The van der Waals surface area contributed by atoms with Crippen molar-refractivity contribution in [2.45, 2.75) is 58.9 Å². The van der Waals surface area contributed by atoms with E-state index in [9.17, 15) is 0 Å². The topological polar surface area (TPSA) is 24.9 Å². The summed E-state index contributed by atoms with van der Waals surface area (Å²) in [5.41, 5.74) is 1.11. The Bertz CT molecular complexity index is 270. The summed E-state index contributed by atoms with van der Waals surface area (Å²) in [5, 5.41) is 6.60. The highest BCUT2D eigenvalue weighted by molar-refractivity contribution is 7.13. The van der Waals surface area contributed by atoms with Crippen molar-refractivity contribution in [2.24, 2.45) is 0 Å². The predicted molar refractivity (Wildman–Crippen MR) is 68.7 cm³/mol. The smallest absolute Gasteiger partial charge is 0.183 e. The molecule has 1 atom stereocenters. The summed E-state index contributed by atoms with van der Waals surface area (Å²) in [6.45, 7) is 6.52. The van der Waals surface area contributed by atoms with Gasteiger partial charge in [0.1, 0.15) is 0 Å². The van der Waals surface area contributed by atoms with Crippen molar-refractivity contribution in [2.75, 3.05) is 5.32 Å². The quantitative estimate of drug-likeness (QED) is 0.704. The van der Waals surface area contributed by atoms with Crippen molar-refractivity contribution in [3.63, 3.8) is 0 Å². The van der Waals surface area contributed by atoms with Crippen LogP contribution in [0.3, 0.4) is 0 Å². The van der Waals surface area contributed by atoms with Gasteiger partial charge in [-0.2, -0.15) is 0 Å². The van der Waals surface area contributed by atoms with Gasteiger partial charge in [0.05, 0.1) is 5.69 Å². The number of hydrogen-bond donors (Lipinski definition) is 1. The molecule has 0 amide bonds. The van der Waals surface area contributed by atoms with Gasteiger partial charge < -0.3 is 5.32 Å². The van der Waals surface area contributed by atoms with Gasteiger partial charge in [0.2, 0.25) is 0 Å². The lowest BCUT2D eigenvalue weighted by Crippen LogP contribution is -2.14. The molecule has 0 aliphatic carbocycles. The zero-order valence-electron chi connectivity index (χ0n) is 10.0. The summed E-state index contributed by atoms with van der Waals surface area (Å²) in [6.07, 6.45) is 6.61. The maximum Gasteiger partial charge on any atom is 0.183 e. The second-order valence-corrected chi connectivity index (χ2v) is 5.05. The molecule has 0 spiro atoms. The maximum atomic E-state index is 4.40. The minimum Gasteiger partial charge on any atom is -0.359 e. The van der Waals surface area contributed by atoms with Crippen LogP contribution in [0.5, 0.6) is 0 Å². The Morgan fingerprint density at radius 2 is 2.20 bits per heavy atom. The molecular formula is C12H22N2S. The number of aromatic nitrogens is 1. The largest absolute Gasteiger partial charge is 0.359 e. The number of unbranched alkanes of at least 4 members (excludes halogenated alkanes) is 3. The molecule has 1 heterocycles. The van der Waals surface area contributed by atoms with Gasteiger partial charge in [-0.25, -0.2) is 4.98 Å². The molecule has 0 bridgehead atoms. The van der Waals surface area contributed by atoms with Crippen LogP contribution in [0.4, 0.5) is 5.13 Å². The molecule has 2 nitrogen and oxygen atoms in total. The molecule has 0 aliphatic heterocycles. The Balaban J connectivity index is 2.15. The van der Waals surface area contributed by atoms with Crippen LogP contribution in [0.15, 0.2) is 5.38 Å². The molecule has 0 fully saturated rings. The van der Waals surface area contributed by atoms with Gasteiger partial charge in [0, 0.05) is 11.4 Å². The number of rotatable bonds is 7. The SMILES string of the molecule is CCCCCCC(C)Nc1nc(C)cs1. The van der Waals surface area contributed by atoms with E-state index in [0.29, 0.717) is 6.04 Å². The van der Waals surface area contributed by atoms with Crippen LogP contribution in [-0.2, 0) is 0 Å². The summed E-state index contributed by atoms with van der Waals surface area (Å²) in [5.74, 6) is 0.